The average Bonchev–Trinajstić information content (AvgIpc) is 2.46. The fraction of sp³-hybridized carbons (Fsp3) is 0.154. The molecule has 2 aromatic rings. The Morgan fingerprint density at radius 2 is 1.86 bits per heavy atom. The summed E-state index contributed by atoms with van der Waals surface area (Å²) in [5.41, 5.74) is 5.58. The summed E-state index contributed by atoms with van der Waals surface area (Å²) in [6, 6.07) is 3.79. The van der Waals surface area contributed by atoms with E-state index in [2.05, 4.69) is 9.97 Å². The molecule has 0 aliphatic heterocycles. The Kier molecular flexibility index (Phi) is 5.90. The minimum absolute atomic E-state index is 0.181. The molecule has 0 radical (unpaired) electrons. The average molecular weight is 307 g/mol. The Labute approximate surface area is 124 Å². The third-order valence-corrected chi connectivity index (χ3v) is 2.41. The zero-order valence-corrected chi connectivity index (χ0v) is 11.2. The normalized spacial score (nSPS) is 11.1. The van der Waals surface area contributed by atoms with Gasteiger partial charge in [-0.05, 0) is 18.2 Å². The van der Waals surface area contributed by atoms with Crippen molar-refractivity contribution in [3.8, 4) is 0 Å². The molecule has 2 heterocycles. The lowest BCUT2D eigenvalue weighted by atomic mass is 10.2. The van der Waals surface area contributed by atoms with Gasteiger partial charge in [0.15, 0.2) is 5.65 Å². The number of aromatic nitrogens is 2. The lowest BCUT2D eigenvalue weighted by Crippen LogP contribution is -2.32. The number of hydrogen-bond donors (Lipinski definition) is 4. The monoisotopic (exact) mass is 307 g/mol. The number of rotatable bonds is 4. The van der Waals surface area contributed by atoms with Crippen molar-refractivity contribution >= 4 is 28.9 Å². The summed E-state index contributed by atoms with van der Waals surface area (Å²) in [5, 5.41) is 25.5. The largest absolute Gasteiger partial charge is 0.481 e. The lowest BCUT2D eigenvalue weighted by Gasteiger charge is -1.99. The number of aromatic carboxylic acids is 1. The van der Waals surface area contributed by atoms with Crippen molar-refractivity contribution in [2.45, 2.75) is 12.5 Å². The molecule has 5 N–H and O–H groups in total. The molecule has 0 fully saturated rings. The highest BCUT2D eigenvalue weighted by atomic mass is 16.4. The van der Waals surface area contributed by atoms with Crippen LogP contribution in [-0.2, 0) is 9.59 Å². The van der Waals surface area contributed by atoms with Crippen LogP contribution in [0, 0.1) is 0 Å². The molecule has 0 amide bonds. The zero-order valence-electron chi connectivity index (χ0n) is 11.2. The van der Waals surface area contributed by atoms with Crippen LogP contribution in [0.3, 0.4) is 0 Å². The Balaban J connectivity index is 0.000000239. The second kappa shape index (κ2) is 7.64. The van der Waals surface area contributed by atoms with Gasteiger partial charge >= 0.3 is 17.9 Å². The number of aliphatic carboxylic acids is 2. The van der Waals surface area contributed by atoms with Gasteiger partial charge in [0.1, 0.15) is 6.04 Å². The molecule has 116 valence electrons. The minimum atomic E-state index is -1.29. The van der Waals surface area contributed by atoms with Crippen LogP contribution in [0.4, 0.5) is 0 Å². The van der Waals surface area contributed by atoms with E-state index in [-0.39, 0.29) is 5.56 Å². The van der Waals surface area contributed by atoms with E-state index < -0.39 is 30.4 Å². The van der Waals surface area contributed by atoms with Gasteiger partial charge in [-0.15, -0.1) is 0 Å². The van der Waals surface area contributed by atoms with E-state index in [0.29, 0.717) is 5.65 Å². The summed E-state index contributed by atoms with van der Waals surface area (Å²) < 4.78 is 0. The highest BCUT2D eigenvalue weighted by Crippen LogP contribution is 2.09. The first-order valence-corrected chi connectivity index (χ1v) is 5.95. The molecule has 0 spiro atoms. The molecular formula is C13H13N3O6. The molecule has 0 unspecified atom stereocenters. The van der Waals surface area contributed by atoms with Crippen molar-refractivity contribution in [2.75, 3.05) is 0 Å². The molecule has 2 rings (SSSR count). The number of fused-ring (bicyclic) bond motifs is 1. The van der Waals surface area contributed by atoms with E-state index in [1.54, 1.807) is 24.4 Å². The Hall–Kier alpha value is -3.07. The Morgan fingerprint density at radius 3 is 2.36 bits per heavy atom. The Bertz CT molecular complexity index is 703. The second-order valence-corrected chi connectivity index (χ2v) is 4.12. The number of carbonyl (C=O) groups is 3. The summed E-state index contributed by atoms with van der Waals surface area (Å²) in [6.07, 6.45) is 2.39. The molecule has 9 nitrogen and oxygen atoms in total. The highest BCUT2D eigenvalue weighted by Gasteiger charge is 2.14. The van der Waals surface area contributed by atoms with E-state index in [4.69, 9.17) is 21.1 Å². The van der Waals surface area contributed by atoms with Gasteiger partial charge in [-0.25, -0.2) is 14.8 Å². The number of nitrogens with two attached hydrogens (primary N) is 1. The molecule has 0 saturated carbocycles. The van der Waals surface area contributed by atoms with E-state index >= 15 is 0 Å². The fourth-order valence-corrected chi connectivity index (χ4v) is 1.36. The molecule has 22 heavy (non-hydrogen) atoms. The number of carboxylic acid groups (broad SMARTS) is 3. The molecule has 1 atom stereocenters. The summed E-state index contributed by atoms with van der Waals surface area (Å²) in [5.74, 6) is -3.47. The first-order chi connectivity index (χ1) is 10.3. The summed E-state index contributed by atoms with van der Waals surface area (Å²) in [6.45, 7) is 0. The SMILES string of the molecule is N[C@@H](CC(=O)O)C(=O)O.O=C(O)c1cnc2ncccc2c1. The number of nitrogens with zero attached hydrogens (tertiary/aromatic N) is 2. The zero-order chi connectivity index (χ0) is 16.7. The maximum atomic E-state index is 10.6. The smallest absolute Gasteiger partial charge is 0.337 e. The molecular weight excluding hydrogens is 294 g/mol. The minimum Gasteiger partial charge on any atom is -0.481 e. The molecule has 0 bridgehead atoms. The van der Waals surface area contributed by atoms with Crippen LogP contribution in [0.2, 0.25) is 0 Å². The van der Waals surface area contributed by atoms with Crippen molar-refractivity contribution in [3.63, 3.8) is 0 Å². The van der Waals surface area contributed by atoms with Crippen LogP contribution in [0.15, 0.2) is 30.6 Å². The molecule has 0 saturated heterocycles. The highest BCUT2D eigenvalue weighted by molar-refractivity contribution is 5.91. The van der Waals surface area contributed by atoms with Gasteiger partial charge in [-0.1, -0.05) is 0 Å². The lowest BCUT2D eigenvalue weighted by molar-refractivity contribution is -0.144. The summed E-state index contributed by atoms with van der Waals surface area (Å²) in [7, 11) is 0. The maximum Gasteiger partial charge on any atom is 0.337 e. The third kappa shape index (κ3) is 5.13. The van der Waals surface area contributed by atoms with Crippen LogP contribution in [0.25, 0.3) is 11.0 Å². The molecule has 0 aliphatic carbocycles. The maximum absolute atomic E-state index is 10.6. The number of hydrogen-bond acceptors (Lipinski definition) is 6. The van der Waals surface area contributed by atoms with Crippen LogP contribution < -0.4 is 5.73 Å². The summed E-state index contributed by atoms with van der Waals surface area (Å²) in [4.78, 5) is 38.1. The quantitative estimate of drug-likeness (QED) is 0.617. The third-order valence-electron chi connectivity index (χ3n) is 2.41. The first kappa shape index (κ1) is 17.0. The topological polar surface area (TPSA) is 164 Å². The standard InChI is InChI=1S/C9H6N2O2.C4H7NO4/c12-9(13)7-4-6-2-1-3-10-8(6)11-5-7;5-2(4(8)9)1-3(6)7/h1-5H,(H,12,13);2H,1,5H2,(H,6,7)(H,8,9)/t;2-/m.0/s1. The molecule has 0 aliphatic rings. The molecule has 0 aromatic carbocycles. The van der Waals surface area contributed by atoms with Crippen LogP contribution >= 0.6 is 0 Å². The van der Waals surface area contributed by atoms with Crippen LogP contribution in [0.5, 0.6) is 0 Å². The van der Waals surface area contributed by atoms with Gasteiger partial charge in [0, 0.05) is 17.8 Å². The predicted molar refractivity (Wildman–Crippen MR) is 74.4 cm³/mol. The number of carboxylic acids is 3. The van der Waals surface area contributed by atoms with E-state index in [1.165, 1.54) is 6.20 Å². The van der Waals surface area contributed by atoms with Gasteiger partial charge < -0.3 is 21.1 Å². The first-order valence-electron chi connectivity index (χ1n) is 5.95. The van der Waals surface area contributed by atoms with Gasteiger partial charge in [0.25, 0.3) is 0 Å². The van der Waals surface area contributed by atoms with Gasteiger partial charge in [0.2, 0.25) is 0 Å². The van der Waals surface area contributed by atoms with Crippen molar-refractivity contribution in [1.82, 2.24) is 9.97 Å². The van der Waals surface area contributed by atoms with Gasteiger partial charge in [0.05, 0.1) is 12.0 Å². The molecule has 2 aromatic heterocycles. The van der Waals surface area contributed by atoms with Crippen LogP contribution in [-0.4, -0.2) is 49.2 Å². The summed E-state index contributed by atoms with van der Waals surface area (Å²) >= 11 is 0. The predicted octanol–water partition coefficient (Wildman–Crippen LogP) is 0.201. The van der Waals surface area contributed by atoms with Crippen molar-refractivity contribution in [2.24, 2.45) is 5.73 Å². The Morgan fingerprint density at radius 1 is 1.18 bits per heavy atom. The van der Waals surface area contributed by atoms with Crippen LogP contribution in [0.1, 0.15) is 16.8 Å². The van der Waals surface area contributed by atoms with Crippen molar-refractivity contribution in [3.05, 3.63) is 36.2 Å². The molecule has 9 heteroatoms. The fourth-order valence-electron chi connectivity index (χ4n) is 1.36. The van der Waals surface area contributed by atoms with E-state index in [1.807, 2.05) is 0 Å². The van der Waals surface area contributed by atoms with Crippen molar-refractivity contribution < 1.29 is 29.7 Å². The van der Waals surface area contributed by atoms with Gasteiger partial charge in [-0.3, -0.25) is 9.59 Å². The second-order valence-electron chi connectivity index (χ2n) is 4.12. The van der Waals surface area contributed by atoms with Crippen molar-refractivity contribution in [1.29, 1.82) is 0 Å². The van der Waals surface area contributed by atoms with Gasteiger partial charge in [-0.2, -0.15) is 0 Å². The van der Waals surface area contributed by atoms with E-state index in [9.17, 15) is 14.4 Å². The number of pyridine rings is 2. The van der Waals surface area contributed by atoms with E-state index in [0.717, 1.165) is 5.39 Å².